The number of methoxy groups -OCH3 is 1. The SMILES string of the molecule is COc1ccc(NC(=O)Nc2nc(-c3ccccn3)cs2)cc1C(=O)NCCCN. The lowest BCUT2D eigenvalue weighted by Gasteiger charge is -2.12. The van der Waals surface area contributed by atoms with E-state index in [1.54, 1.807) is 24.4 Å². The number of rotatable bonds is 8. The second-order valence-corrected chi connectivity index (χ2v) is 7.00. The Balaban J connectivity index is 1.65. The molecule has 2 aromatic heterocycles. The van der Waals surface area contributed by atoms with Crippen molar-refractivity contribution in [1.82, 2.24) is 15.3 Å². The first kappa shape index (κ1) is 21.2. The van der Waals surface area contributed by atoms with Gasteiger partial charge in [-0.05, 0) is 43.3 Å². The van der Waals surface area contributed by atoms with Gasteiger partial charge in [0, 0.05) is 23.8 Å². The number of pyridine rings is 1. The number of urea groups is 1. The third-order valence-corrected chi connectivity index (χ3v) is 4.78. The molecule has 3 aromatic rings. The van der Waals surface area contributed by atoms with Gasteiger partial charge in [0.2, 0.25) is 0 Å². The van der Waals surface area contributed by atoms with E-state index in [4.69, 9.17) is 10.5 Å². The maximum absolute atomic E-state index is 12.4. The molecule has 5 N–H and O–H groups in total. The lowest BCUT2D eigenvalue weighted by Crippen LogP contribution is -2.26. The molecular weight excluding hydrogens is 404 g/mol. The first-order chi connectivity index (χ1) is 14.6. The van der Waals surface area contributed by atoms with Crippen LogP contribution in [0.4, 0.5) is 15.6 Å². The maximum atomic E-state index is 12.4. The van der Waals surface area contributed by atoms with Crippen LogP contribution in [-0.4, -0.2) is 42.1 Å². The fourth-order valence-corrected chi connectivity index (χ4v) is 3.28. The highest BCUT2D eigenvalue weighted by molar-refractivity contribution is 7.14. The van der Waals surface area contributed by atoms with Crippen molar-refractivity contribution in [3.05, 3.63) is 53.5 Å². The fraction of sp³-hybridized carbons (Fsp3) is 0.200. The van der Waals surface area contributed by atoms with Crippen molar-refractivity contribution in [2.45, 2.75) is 6.42 Å². The Hall–Kier alpha value is -3.50. The molecule has 0 unspecified atom stereocenters. The molecule has 156 valence electrons. The van der Waals surface area contributed by atoms with Crippen molar-refractivity contribution in [2.75, 3.05) is 30.8 Å². The van der Waals surface area contributed by atoms with Gasteiger partial charge in [0.1, 0.15) is 11.4 Å². The quantitative estimate of drug-likeness (QED) is 0.410. The minimum atomic E-state index is -0.475. The fourth-order valence-electron chi connectivity index (χ4n) is 2.58. The zero-order chi connectivity index (χ0) is 21.3. The molecule has 0 radical (unpaired) electrons. The lowest BCUT2D eigenvalue weighted by atomic mass is 10.1. The number of nitrogens with two attached hydrogens (primary N) is 1. The molecule has 2 heterocycles. The van der Waals surface area contributed by atoms with E-state index >= 15 is 0 Å². The Morgan fingerprint density at radius 3 is 2.77 bits per heavy atom. The molecule has 0 aliphatic rings. The Kier molecular flexibility index (Phi) is 7.30. The van der Waals surface area contributed by atoms with E-state index in [-0.39, 0.29) is 5.91 Å². The van der Waals surface area contributed by atoms with Crippen LogP contribution >= 0.6 is 11.3 Å². The highest BCUT2D eigenvalue weighted by Gasteiger charge is 2.14. The van der Waals surface area contributed by atoms with E-state index in [0.717, 1.165) is 5.69 Å². The number of hydrogen-bond donors (Lipinski definition) is 4. The van der Waals surface area contributed by atoms with Crippen molar-refractivity contribution in [1.29, 1.82) is 0 Å². The molecule has 30 heavy (non-hydrogen) atoms. The van der Waals surface area contributed by atoms with Crippen LogP contribution in [0, 0.1) is 0 Å². The second kappa shape index (κ2) is 10.3. The van der Waals surface area contributed by atoms with Crippen LogP contribution in [-0.2, 0) is 0 Å². The first-order valence-electron chi connectivity index (χ1n) is 9.22. The van der Waals surface area contributed by atoms with E-state index in [1.807, 2.05) is 23.6 Å². The minimum Gasteiger partial charge on any atom is -0.496 e. The van der Waals surface area contributed by atoms with E-state index in [2.05, 4.69) is 25.9 Å². The molecule has 3 rings (SSSR count). The maximum Gasteiger partial charge on any atom is 0.325 e. The zero-order valence-corrected chi connectivity index (χ0v) is 17.2. The zero-order valence-electron chi connectivity index (χ0n) is 16.3. The summed E-state index contributed by atoms with van der Waals surface area (Å²) >= 11 is 1.29. The smallest absolute Gasteiger partial charge is 0.325 e. The summed E-state index contributed by atoms with van der Waals surface area (Å²) in [5, 5.41) is 10.4. The van der Waals surface area contributed by atoms with E-state index in [1.165, 1.54) is 18.4 Å². The largest absolute Gasteiger partial charge is 0.496 e. The number of amides is 3. The van der Waals surface area contributed by atoms with Crippen molar-refractivity contribution in [2.24, 2.45) is 5.73 Å². The van der Waals surface area contributed by atoms with Crippen LogP contribution in [0.1, 0.15) is 16.8 Å². The highest BCUT2D eigenvalue weighted by atomic mass is 32.1. The standard InChI is InChI=1S/C20H22N6O3S/c1-29-17-7-6-13(11-14(17)18(27)23-10-4-8-21)24-19(28)26-20-25-16(12-30-20)15-5-2-3-9-22-15/h2-3,5-7,9,11-12H,4,8,10,21H2,1H3,(H,23,27)(H2,24,25,26,28). The van der Waals surface area contributed by atoms with Gasteiger partial charge >= 0.3 is 6.03 Å². The number of anilines is 2. The molecule has 9 nitrogen and oxygen atoms in total. The Morgan fingerprint density at radius 2 is 2.03 bits per heavy atom. The van der Waals surface area contributed by atoms with Crippen LogP contribution in [0.15, 0.2) is 48.0 Å². The monoisotopic (exact) mass is 426 g/mol. The number of ether oxygens (including phenoxy) is 1. The van der Waals surface area contributed by atoms with E-state index in [0.29, 0.717) is 47.3 Å². The Morgan fingerprint density at radius 1 is 1.17 bits per heavy atom. The predicted molar refractivity (Wildman–Crippen MR) is 117 cm³/mol. The number of hydrogen-bond acceptors (Lipinski definition) is 7. The Bertz CT molecular complexity index is 1010. The summed E-state index contributed by atoms with van der Waals surface area (Å²) in [4.78, 5) is 33.4. The average molecular weight is 427 g/mol. The molecule has 0 aliphatic carbocycles. The summed E-state index contributed by atoms with van der Waals surface area (Å²) in [5.74, 6) is 0.107. The molecule has 1 aromatic carbocycles. The average Bonchev–Trinajstić information content (AvgIpc) is 3.22. The number of carbonyl (C=O) groups is 2. The number of thiazole rings is 1. The van der Waals surface area contributed by atoms with Crippen molar-refractivity contribution in [3.63, 3.8) is 0 Å². The summed E-state index contributed by atoms with van der Waals surface area (Å²) in [6.07, 6.45) is 2.35. The third-order valence-electron chi connectivity index (χ3n) is 4.02. The molecule has 0 spiro atoms. The van der Waals surface area contributed by atoms with E-state index < -0.39 is 6.03 Å². The topological polar surface area (TPSA) is 131 Å². The van der Waals surface area contributed by atoms with E-state index in [9.17, 15) is 9.59 Å². The van der Waals surface area contributed by atoms with Gasteiger partial charge in [-0.1, -0.05) is 6.07 Å². The number of benzene rings is 1. The molecule has 10 heteroatoms. The summed E-state index contributed by atoms with van der Waals surface area (Å²) in [7, 11) is 1.48. The van der Waals surface area contributed by atoms with Crippen molar-refractivity contribution in [3.8, 4) is 17.1 Å². The Labute approximate surface area is 177 Å². The highest BCUT2D eigenvalue weighted by Crippen LogP contribution is 2.25. The summed E-state index contributed by atoms with van der Waals surface area (Å²) < 4.78 is 5.25. The normalized spacial score (nSPS) is 10.3. The predicted octanol–water partition coefficient (Wildman–Crippen LogP) is 2.94. The molecule has 0 saturated carbocycles. The molecule has 0 saturated heterocycles. The number of aromatic nitrogens is 2. The van der Waals surface area contributed by atoms with Crippen LogP contribution in [0.2, 0.25) is 0 Å². The van der Waals surface area contributed by atoms with Crippen molar-refractivity contribution >= 4 is 34.1 Å². The molecule has 0 atom stereocenters. The number of nitrogens with one attached hydrogen (secondary N) is 3. The van der Waals surface area contributed by atoms with Gasteiger partial charge in [-0.3, -0.25) is 15.1 Å². The van der Waals surface area contributed by atoms with Crippen LogP contribution in [0.5, 0.6) is 5.75 Å². The van der Waals surface area contributed by atoms with Crippen LogP contribution in [0.25, 0.3) is 11.4 Å². The van der Waals surface area contributed by atoms with Gasteiger partial charge < -0.3 is 21.1 Å². The van der Waals surface area contributed by atoms with Gasteiger partial charge in [-0.25, -0.2) is 9.78 Å². The second-order valence-electron chi connectivity index (χ2n) is 6.15. The summed E-state index contributed by atoms with van der Waals surface area (Å²) in [6, 6.07) is 9.88. The van der Waals surface area contributed by atoms with Crippen molar-refractivity contribution < 1.29 is 14.3 Å². The van der Waals surface area contributed by atoms with Gasteiger partial charge in [0.25, 0.3) is 5.91 Å². The molecule has 0 fully saturated rings. The molecule has 0 bridgehead atoms. The van der Waals surface area contributed by atoms with Gasteiger partial charge in [0.05, 0.1) is 18.4 Å². The number of carbonyl (C=O) groups excluding carboxylic acids is 2. The summed E-state index contributed by atoms with van der Waals surface area (Å²) in [6.45, 7) is 0.942. The first-order valence-corrected chi connectivity index (χ1v) is 10.1. The van der Waals surface area contributed by atoms with Crippen LogP contribution in [0.3, 0.4) is 0 Å². The lowest BCUT2D eigenvalue weighted by molar-refractivity contribution is 0.0950. The summed E-state index contributed by atoms with van der Waals surface area (Å²) in [5.41, 5.74) is 7.61. The molecule has 0 aliphatic heterocycles. The van der Waals surface area contributed by atoms with Gasteiger partial charge in [-0.15, -0.1) is 11.3 Å². The molecule has 3 amide bonds. The van der Waals surface area contributed by atoms with Gasteiger partial charge in [0.15, 0.2) is 5.13 Å². The van der Waals surface area contributed by atoms with Gasteiger partial charge in [-0.2, -0.15) is 0 Å². The number of nitrogens with zero attached hydrogens (tertiary/aromatic N) is 2. The molecular formula is C20H22N6O3S. The third kappa shape index (κ3) is 5.52. The van der Waals surface area contributed by atoms with Crippen LogP contribution < -0.4 is 26.4 Å². The minimum absolute atomic E-state index is 0.302.